The molecule has 0 aliphatic heterocycles. The Morgan fingerprint density at radius 2 is 2.00 bits per heavy atom. The van der Waals surface area contributed by atoms with E-state index in [1.54, 1.807) is 6.26 Å². The fourth-order valence-electron chi connectivity index (χ4n) is 0.0745. The predicted octanol–water partition coefficient (Wildman–Crippen LogP) is 1.18. The van der Waals surface area contributed by atoms with Crippen LogP contribution in [0.1, 0.15) is 0 Å². The van der Waals surface area contributed by atoms with Crippen molar-refractivity contribution < 1.29 is 9.09 Å². The van der Waals surface area contributed by atoms with Gasteiger partial charge in [0.05, 0.1) is 0 Å². The van der Waals surface area contributed by atoms with Gasteiger partial charge >= 0.3 is 6.72 Å². The Labute approximate surface area is 62.8 Å². The number of nitrogens with one attached hydrogen (secondary N) is 2. The average molecular weight is 185 g/mol. The fourth-order valence-corrected chi connectivity index (χ4v) is 0.671. The molecule has 0 radical (unpaired) electrons. The van der Waals surface area contributed by atoms with E-state index in [4.69, 9.17) is 16.6 Å². The van der Waals surface area contributed by atoms with Crippen molar-refractivity contribution in [1.82, 2.24) is 4.91 Å². The molecule has 1 atom stereocenters. The monoisotopic (exact) mass is 185 g/mol. The summed E-state index contributed by atoms with van der Waals surface area (Å²) in [6.07, 6.45) is 1.64. The van der Waals surface area contributed by atoms with Gasteiger partial charge in [-0.1, -0.05) is 11.4 Å². The topological polar surface area (TPSA) is 114 Å². The van der Waals surface area contributed by atoms with E-state index in [-0.39, 0.29) is 0 Å². The quantitative estimate of drug-likeness (QED) is 0.340. The molecule has 0 aromatic carbocycles. The molecular weight excluding hydrogens is 175 g/mol. The summed E-state index contributed by atoms with van der Waals surface area (Å²) in [5, 5.41) is 0. The smallest absolute Gasteiger partial charge is 0.313 e. The van der Waals surface area contributed by atoms with Crippen molar-refractivity contribution in [2.24, 2.45) is 5.50 Å². The second-order valence-electron chi connectivity index (χ2n) is 1.02. The van der Waals surface area contributed by atoms with Gasteiger partial charge in [-0.15, -0.1) is 0 Å². The molecule has 0 saturated heterocycles. The second-order valence-corrected chi connectivity index (χ2v) is 5.45. The van der Waals surface area contributed by atoms with E-state index in [0.29, 0.717) is 0 Å². The minimum Gasteiger partial charge on any atom is -0.313 e. The van der Waals surface area contributed by atoms with Crippen LogP contribution in [0.4, 0.5) is 0 Å². The lowest BCUT2D eigenvalue weighted by molar-refractivity contribution is 0.410. The third-order valence-corrected chi connectivity index (χ3v) is 3.50. The Morgan fingerprint density at radius 3 is 2.00 bits per heavy atom. The van der Waals surface area contributed by atoms with Gasteiger partial charge in [0.1, 0.15) is 11.1 Å². The first-order valence-electron chi connectivity index (χ1n) is 2.07. The van der Waals surface area contributed by atoms with Crippen molar-refractivity contribution in [3.05, 3.63) is 0 Å². The van der Waals surface area contributed by atoms with E-state index in [1.165, 1.54) is 7.11 Å². The van der Waals surface area contributed by atoms with Gasteiger partial charge < -0.3 is 4.52 Å². The Balaban J connectivity index is 0. The molecule has 60 valence electrons. The van der Waals surface area contributed by atoms with Crippen LogP contribution in [0.3, 0.4) is 0 Å². The molecule has 0 fully saturated rings. The molecule has 10 heavy (non-hydrogen) atoms. The lowest BCUT2D eigenvalue weighted by Crippen LogP contribution is -1.89. The average Bonchev–Trinajstić information content (AvgIpc) is 1.90. The molecule has 0 rings (SSSR count). The molecule has 0 aromatic heterocycles. The zero-order valence-electron chi connectivity index (χ0n) is 5.70. The van der Waals surface area contributed by atoms with Crippen molar-refractivity contribution in [3.63, 3.8) is 0 Å². The van der Waals surface area contributed by atoms with Gasteiger partial charge in [0.2, 0.25) is 4.91 Å². The molecule has 6 nitrogen and oxygen atoms in total. The standard InChI is InChI=1S/C2H8NO2PS.H2N3/c1-5-6(3,4)7-2;1-3-2/h1-2H3,(H2,3,4);1-2H/q;+1. The number of nitrogens with two attached hydrogens (primary N) is 1. The van der Waals surface area contributed by atoms with Crippen LogP contribution in [0.15, 0.2) is 0 Å². The Morgan fingerprint density at radius 1 is 1.70 bits per heavy atom. The molecule has 0 saturated carbocycles. The van der Waals surface area contributed by atoms with Crippen molar-refractivity contribution in [3.8, 4) is 0 Å². The highest BCUT2D eigenvalue weighted by atomic mass is 32.7. The van der Waals surface area contributed by atoms with E-state index < -0.39 is 6.72 Å². The molecule has 0 amide bonds. The SMILES string of the molecule is COP(N)(=O)SC.N=[N+]=N. The van der Waals surface area contributed by atoms with E-state index in [1.807, 2.05) is 4.91 Å². The normalized spacial score (nSPS) is 13.9. The molecule has 8 heteroatoms. The van der Waals surface area contributed by atoms with Crippen LogP contribution in [-0.4, -0.2) is 13.4 Å². The van der Waals surface area contributed by atoms with Crippen molar-refractivity contribution in [2.45, 2.75) is 0 Å². The summed E-state index contributed by atoms with van der Waals surface area (Å²) in [6.45, 7) is -2.74. The van der Waals surface area contributed by atoms with E-state index >= 15 is 0 Å². The van der Waals surface area contributed by atoms with Crippen LogP contribution >= 0.6 is 18.1 Å². The molecule has 4 N–H and O–H groups in total. The minimum atomic E-state index is -2.74. The van der Waals surface area contributed by atoms with E-state index in [2.05, 4.69) is 4.52 Å². The highest BCUT2D eigenvalue weighted by Gasteiger charge is 2.09. The highest BCUT2D eigenvalue weighted by molar-refractivity contribution is 8.55. The van der Waals surface area contributed by atoms with Crippen LogP contribution in [-0.2, 0) is 9.09 Å². The molecule has 0 heterocycles. The Kier molecular flexibility index (Phi) is 8.64. The van der Waals surface area contributed by atoms with Gasteiger partial charge in [-0.2, -0.15) is 0 Å². The van der Waals surface area contributed by atoms with Crippen LogP contribution in [0, 0.1) is 11.1 Å². The minimum absolute atomic E-state index is 1.04. The van der Waals surface area contributed by atoms with Gasteiger partial charge in [0, 0.05) is 7.11 Å². The van der Waals surface area contributed by atoms with Gasteiger partial charge in [0.25, 0.3) is 0 Å². The number of nitrogens with zero attached hydrogens (tertiary/aromatic N) is 1. The summed E-state index contributed by atoms with van der Waals surface area (Å²) in [5.74, 6) is 0. The third-order valence-electron chi connectivity index (χ3n) is 0.509. The number of hydrogen-bond acceptors (Lipinski definition) is 5. The van der Waals surface area contributed by atoms with Gasteiger partial charge in [-0.05, 0) is 6.26 Å². The maximum Gasteiger partial charge on any atom is 0.323 e. The van der Waals surface area contributed by atoms with E-state index in [0.717, 1.165) is 11.4 Å². The largest absolute Gasteiger partial charge is 0.323 e. The maximum atomic E-state index is 10.5. The zero-order chi connectivity index (χ0) is 8.62. The van der Waals surface area contributed by atoms with Gasteiger partial charge in [0.15, 0.2) is 0 Å². The van der Waals surface area contributed by atoms with Gasteiger partial charge in [-0.25, -0.2) is 0 Å². The molecule has 0 spiro atoms. The first-order chi connectivity index (χ1) is 4.54. The third kappa shape index (κ3) is 10.7. The van der Waals surface area contributed by atoms with Crippen LogP contribution in [0.25, 0.3) is 0 Å². The van der Waals surface area contributed by atoms with Crippen molar-refractivity contribution in [2.75, 3.05) is 13.4 Å². The van der Waals surface area contributed by atoms with Gasteiger partial charge in [-0.3, -0.25) is 10.1 Å². The van der Waals surface area contributed by atoms with Crippen LogP contribution in [0.2, 0.25) is 0 Å². The summed E-state index contributed by atoms with van der Waals surface area (Å²) >= 11 is 1.04. The summed E-state index contributed by atoms with van der Waals surface area (Å²) < 4.78 is 14.9. The molecule has 0 aromatic rings. The van der Waals surface area contributed by atoms with Crippen LogP contribution < -0.4 is 10.4 Å². The first-order valence-corrected chi connectivity index (χ1v) is 5.59. The zero-order valence-corrected chi connectivity index (χ0v) is 7.41. The number of rotatable bonds is 2. The molecule has 0 bridgehead atoms. The lowest BCUT2D eigenvalue weighted by Gasteiger charge is -2.02. The molecule has 1 unspecified atom stereocenters. The fraction of sp³-hybridized carbons (Fsp3) is 1.00. The van der Waals surface area contributed by atoms with E-state index in [9.17, 15) is 4.57 Å². The predicted molar refractivity (Wildman–Crippen MR) is 39.9 cm³/mol. The summed E-state index contributed by atoms with van der Waals surface area (Å²) in [5.41, 5.74) is 16.0. The first kappa shape index (κ1) is 12.5. The highest BCUT2D eigenvalue weighted by Crippen LogP contribution is 2.48. The summed E-state index contributed by atoms with van der Waals surface area (Å²) in [7, 11) is 1.33. The Hall–Kier alpha value is -0.190. The molecular formula is C2H10N4O2PS+. The van der Waals surface area contributed by atoms with Crippen molar-refractivity contribution >= 4 is 18.1 Å². The van der Waals surface area contributed by atoms with Crippen LogP contribution in [0.5, 0.6) is 0 Å². The molecule has 0 aliphatic rings. The summed E-state index contributed by atoms with van der Waals surface area (Å²) in [6, 6.07) is 0. The second kappa shape index (κ2) is 6.92. The lowest BCUT2D eigenvalue weighted by atomic mass is 11.8. The van der Waals surface area contributed by atoms with Crippen molar-refractivity contribution in [1.29, 1.82) is 11.1 Å². The maximum absolute atomic E-state index is 10.5. The number of hydrogen-bond donors (Lipinski definition) is 3. The molecule has 0 aliphatic carbocycles. The summed E-state index contributed by atoms with van der Waals surface area (Å²) in [4.78, 5) is 2.00. The Bertz CT molecular complexity index is 147.